The maximum Gasteiger partial charge on any atom is 0.186 e. The number of methoxy groups -OCH3 is 1. The van der Waals surface area contributed by atoms with Crippen molar-refractivity contribution in [3.63, 3.8) is 0 Å². The number of aliphatic hydroxyl groups excluding tert-OH is 2. The van der Waals surface area contributed by atoms with Crippen molar-refractivity contribution in [2.45, 2.75) is 108 Å². The lowest BCUT2D eigenvalue weighted by atomic mass is 9.98. The van der Waals surface area contributed by atoms with Crippen LogP contribution < -0.4 is 0 Å². The first-order valence-electron chi connectivity index (χ1n) is 14.1. The summed E-state index contributed by atoms with van der Waals surface area (Å²) in [6.45, 7) is 6.14. The highest BCUT2D eigenvalue weighted by Gasteiger charge is 2.55. The molecule has 2 heterocycles. The van der Waals surface area contributed by atoms with Crippen LogP contribution in [0.1, 0.15) is 44.7 Å². The fourth-order valence-electron chi connectivity index (χ4n) is 5.52. The summed E-state index contributed by atoms with van der Waals surface area (Å²) in [5.41, 5.74) is 2.00. The molecule has 2 aromatic carbocycles. The van der Waals surface area contributed by atoms with E-state index < -0.39 is 61.1 Å². The second kappa shape index (κ2) is 12.9. The van der Waals surface area contributed by atoms with Crippen molar-refractivity contribution in [1.82, 2.24) is 0 Å². The molecule has 9 nitrogen and oxygen atoms in total. The van der Waals surface area contributed by atoms with Gasteiger partial charge >= 0.3 is 0 Å². The van der Waals surface area contributed by atoms with Crippen LogP contribution in [0.4, 0.5) is 0 Å². The molecule has 5 rings (SSSR count). The van der Waals surface area contributed by atoms with E-state index in [4.69, 9.17) is 33.2 Å². The Morgan fingerprint density at radius 1 is 0.875 bits per heavy atom. The topological polar surface area (TPSA) is 105 Å². The molecule has 9 atom stereocenters. The average molecular weight is 559 g/mol. The van der Waals surface area contributed by atoms with Crippen LogP contribution in [0.5, 0.6) is 0 Å². The molecule has 0 spiro atoms. The Bertz CT molecular complexity index is 1050. The summed E-state index contributed by atoms with van der Waals surface area (Å²) < 4.78 is 42.8. The van der Waals surface area contributed by atoms with Gasteiger partial charge in [0.25, 0.3) is 0 Å². The molecular formula is C31H42O9. The SMILES string of the molecule is CO[C@H](O)C1OC(C)(C)OC1[C@@H](O[C@H]1OC(C)[C@H](OCc2ccccc2)C(OCc2ccccc2)C1O)C1CC1. The molecule has 9 heteroatoms. The summed E-state index contributed by atoms with van der Waals surface area (Å²) in [5.74, 6) is -0.751. The summed E-state index contributed by atoms with van der Waals surface area (Å²) in [5, 5.41) is 22.1. The minimum atomic E-state index is -1.19. The lowest BCUT2D eigenvalue weighted by molar-refractivity contribution is -0.327. The lowest BCUT2D eigenvalue weighted by Crippen LogP contribution is -2.60. The number of benzene rings is 2. The second-order valence-electron chi connectivity index (χ2n) is 11.4. The standard InChI is InChI=1S/C31H42O9/c1-19-24(35-17-20-11-7-5-8-12-20)26(36-18-21-13-9-6-10-14-21)23(32)30(37-19)38-25(22-15-16-22)27-28(29(33)34-4)40-31(2,3)39-27/h5-14,19,22-30,32-33H,15-18H2,1-4H3/t19?,23?,24-,25-,26?,27?,28?,29-,30+/m0/s1. The van der Waals surface area contributed by atoms with Crippen LogP contribution in [0, 0.1) is 5.92 Å². The Labute approximate surface area is 236 Å². The zero-order valence-electron chi connectivity index (χ0n) is 23.6. The van der Waals surface area contributed by atoms with Crippen molar-refractivity contribution in [1.29, 1.82) is 0 Å². The molecule has 2 saturated heterocycles. The quantitative estimate of drug-likeness (QED) is 0.379. The summed E-state index contributed by atoms with van der Waals surface area (Å²) in [6.07, 6.45) is -4.98. The lowest BCUT2D eigenvalue weighted by Gasteiger charge is -2.44. The van der Waals surface area contributed by atoms with Gasteiger partial charge in [-0.25, -0.2) is 0 Å². The molecule has 1 aliphatic carbocycles. The Kier molecular flexibility index (Phi) is 9.56. The Morgan fingerprint density at radius 2 is 1.43 bits per heavy atom. The monoisotopic (exact) mass is 558 g/mol. The van der Waals surface area contributed by atoms with E-state index in [1.807, 2.05) is 67.6 Å². The fraction of sp³-hybridized carbons (Fsp3) is 0.613. The molecule has 2 aromatic rings. The third-order valence-electron chi connectivity index (χ3n) is 7.71. The van der Waals surface area contributed by atoms with E-state index in [2.05, 4.69) is 0 Å². The number of aliphatic hydroxyl groups is 2. The van der Waals surface area contributed by atoms with Crippen molar-refractivity contribution in [2.75, 3.05) is 7.11 Å². The average Bonchev–Trinajstić information content (AvgIpc) is 3.74. The number of hydrogen-bond acceptors (Lipinski definition) is 9. The molecular weight excluding hydrogens is 516 g/mol. The molecule has 40 heavy (non-hydrogen) atoms. The van der Waals surface area contributed by atoms with Gasteiger partial charge in [0, 0.05) is 7.11 Å². The van der Waals surface area contributed by atoms with E-state index in [0.29, 0.717) is 13.2 Å². The van der Waals surface area contributed by atoms with E-state index in [1.165, 1.54) is 7.11 Å². The highest BCUT2D eigenvalue weighted by atomic mass is 16.8. The highest BCUT2D eigenvalue weighted by Crippen LogP contribution is 2.44. The first kappa shape index (κ1) is 29.6. The summed E-state index contributed by atoms with van der Waals surface area (Å²) in [6, 6.07) is 19.7. The van der Waals surface area contributed by atoms with Crippen LogP contribution in [-0.4, -0.2) is 78.4 Å². The van der Waals surface area contributed by atoms with Gasteiger partial charge in [0.2, 0.25) is 0 Å². The molecule has 220 valence electrons. The fourth-order valence-corrected chi connectivity index (χ4v) is 5.52. The van der Waals surface area contributed by atoms with E-state index in [1.54, 1.807) is 13.8 Å². The van der Waals surface area contributed by atoms with Crippen LogP contribution in [0.15, 0.2) is 60.7 Å². The first-order valence-corrected chi connectivity index (χ1v) is 14.1. The molecule has 3 fully saturated rings. The normalized spacial score (nSPS) is 33.5. The van der Waals surface area contributed by atoms with Crippen LogP contribution in [0.3, 0.4) is 0 Å². The molecule has 3 aliphatic rings. The second-order valence-corrected chi connectivity index (χ2v) is 11.4. The first-order chi connectivity index (χ1) is 19.3. The molecule has 0 amide bonds. The summed E-state index contributed by atoms with van der Waals surface area (Å²) >= 11 is 0. The Hall–Kier alpha value is -1.92. The molecule has 0 aromatic heterocycles. The smallest absolute Gasteiger partial charge is 0.186 e. The Balaban J connectivity index is 1.34. The minimum Gasteiger partial charge on any atom is -0.385 e. The minimum absolute atomic E-state index is 0.177. The zero-order valence-corrected chi connectivity index (χ0v) is 23.6. The van der Waals surface area contributed by atoms with E-state index in [0.717, 1.165) is 24.0 Å². The van der Waals surface area contributed by atoms with Gasteiger partial charge in [0.15, 0.2) is 18.4 Å². The maximum absolute atomic E-state index is 11.6. The van der Waals surface area contributed by atoms with Crippen molar-refractivity contribution < 1.29 is 43.4 Å². The van der Waals surface area contributed by atoms with Gasteiger partial charge in [-0.1, -0.05) is 60.7 Å². The molecule has 0 radical (unpaired) electrons. The van der Waals surface area contributed by atoms with Gasteiger partial charge in [-0.2, -0.15) is 0 Å². The van der Waals surface area contributed by atoms with Crippen LogP contribution in [-0.2, 0) is 46.4 Å². The molecule has 2 N–H and O–H groups in total. The van der Waals surface area contributed by atoms with Crippen LogP contribution in [0.2, 0.25) is 0 Å². The molecule has 2 aliphatic heterocycles. The van der Waals surface area contributed by atoms with Crippen molar-refractivity contribution >= 4 is 0 Å². The van der Waals surface area contributed by atoms with Gasteiger partial charge < -0.3 is 43.4 Å². The van der Waals surface area contributed by atoms with E-state index in [9.17, 15) is 10.2 Å². The molecule has 5 unspecified atom stereocenters. The Morgan fingerprint density at radius 3 is 1.98 bits per heavy atom. The maximum atomic E-state index is 11.6. The highest BCUT2D eigenvalue weighted by molar-refractivity contribution is 5.14. The van der Waals surface area contributed by atoms with E-state index >= 15 is 0 Å². The molecule has 0 bridgehead atoms. The van der Waals surface area contributed by atoms with Crippen molar-refractivity contribution in [3.8, 4) is 0 Å². The predicted molar refractivity (Wildman–Crippen MR) is 145 cm³/mol. The van der Waals surface area contributed by atoms with Crippen molar-refractivity contribution in [3.05, 3.63) is 71.8 Å². The van der Waals surface area contributed by atoms with Gasteiger partial charge in [-0.15, -0.1) is 0 Å². The summed E-state index contributed by atoms with van der Waals surface area (Å²) in [7, 11) is 1.42. The van der Waals surface area contributed by atoms with Gasteiger partial charge in [0.1, 0.15) is 30.5 Å². The number of ether oxygens (including phenoxy) is 7. The van der Waals surface area contributed by atoms with Gasteiger partial charge in [0.05, 0.1) is 25.4 Å². The third-order valence-corrected chi connectivity index (χ3v) is 7.71. The largest absolute Gasteiger partial charge is 0.385 e. The molecule has 1 saturated carbocycles. The zero-order chi connectivity index (χ0) is 28.3. The number of rotatable bonds is 12. The van der Waals surface area contributed by atoms with Crippen LogP contribution >= 0.6 is 0 Å². The van der Waals surface area contributed by atoms with E-state index in [-0.39, 0.29) is 5.92 Å². The van der Waals surface area contributed by atoms with Crippen molar-refractivity contribution in [2.24, 2.45) is 5.92 Å². The number of hydrogen-bond donors (Lipinski definition) is 2. The summed E-state index contributed by atoms with van der Waals surface area (Å²) in [4.78, 5) is 0. The third kappa shape index (κ3) is 7.10. The van der Waals surface area contributed by atoms with Crippen LogP contribution in [0.25, 0.3) is 0 Å². The van der Waals surface area contributed by atoms with Gasteiger partial charge in [-0.05, 0) is 50.7 Å². The van der Waals surface area contributed by atoms with Gasteiger partial charge in [-0.3, -0.25) is 0 Å². The predicted octanol–water partition coefficient (Wildman–Crippen LogP) is 3.54.